The Balaban J connectivity index is 1.59. The van der Waals surface area contributed by atoms with Crippen LogP contribution in [0.3, 0.4) is 0 Å². The monoisotopic (exact) mass is 370 g/mol. The number of hydrogen-bond acceptors (Lipinski definition) is 6. The number of carbonyl (C=O) groups is 3. The SMILES string of the molecule is CCOC(=O)c1ccc(NC(=O)C(=O)Nc2ccc3c(c2)OCCO3)cc1. The summed E-state index contributed by atoms with van der Waals surface area (Å²) in [5, 5.41) is 4.96. The molecule has 0 spiro atoms. The minimum Gasteiger partial charge on any atom is -0.486 e. The molecule has 8 heteroatoms. The third-order valence-electron chi connectivity index (χ3n) is 3.66. The maximum absolute atomic E-state index is 12.1. The number of carbonyl (C=O) groups excluding carboxylic acids is 3. The van der Waals surface area contributed by atoms with E-state index in [1.54, 1.807) is 25.1 Å². The summed E-state index contributed by atoms with van der Waals surface area (Å²) in [6.45, 7) is 2.88. The quantitative estimate of drug-likeness (QED) is 0.632. The predicted molar refractivity (Wildman–Crippen MR) is 97.1 cm³/mol. The fourth-order valence-corrected chi connectivity index (χ4v) is 2.40. The lowest BCUT2D eigenvalue weighted by Gasteiger charge is -2.18. The molecule has 1 aliphatic rings. The van der Waals surface area contributed by atoms with Crippen LogP contribution in [0.4, 0.5) is 11.4 Å². The van der Waals surface area contributed by atoms with Gasteiger partial charge in [0.15, 0.2) is 11.5 Å². The molecule has 0 atom stereocenters. The average molecular weight is 370 g/mol. The fraction of sp³-hybridized carbons (Fsp3) is 0.211. The molecule has 0 radical (unpaired) electrons. The molecule has 0 aliphatic carbocycles. The number of hydrogen-bond donors (Lipinski definition) is 2. The normalized spacial score (nSPS) is 12.0. The van der Waals surface area contributed by atoms with Crippen LogP contribution in [0, 0.1) is 0 Å². The highest BCUT2D eigenvalue weighted by atomic mass is 16.6. The Bertz CT molecular complexity index is 863. The van der Waals surface area contributed by atoms with Gasteiger partial charge in [-0.2, -0.15) is 0 Å². The number of anilines is 2. The number of esters is 1. The minimum absolute atomic E-state index is 0.275. The van der Waals surface area contributed by atoms with Crippen LogP contribution in [0.5, 0.6) is 11.5 Å². The van der Waals surface area contributed by atoms with Crippen molar-refractivity contribution in [2.45, 2.75) is 6.92 Å². The van der Waals surface area contributed by atoms with Gasteiger partial charge in [-0.25, -0.2) is 4.79 Å². The first kappa shape index (κ1) is 18.2. The second-order valence-electron chi connectivity index (χ2n) is 5.56. The highest BCUT2D eigenvalue weighted by Gasteiger charge is 2.17. The molecule has 1 aliphatic heterocycles. The van der Waals surface area contributed by atoms with Crippen LogP contribution in [0.1, 0.15) is 17.3 Å². The Labute approximate surface area is 155 Å². The summed E-state index contributed by atoms with van der Waals surface area (Å²) < 4.78 is 15.7. The van der Waals surface area contributed by atoms with Crippen molar-refractivity contribution < 1.29 is 28.6 Å². The first-order valence-corrected chi connectivity index (χ1v) is 8.36. The van der Waals surface area contributed by atoms with Crippen molar-refractivity contribution in [3.05, 3.63) is 48.0 Å². The van der Waals surface area contributed by atoms with Gasteiger partial charge < -0.3 is 24.8 Å². The standard InChI is InChI=1S/C19H18N2O6/c1-2-25-19(24)12-3-5-13(6-4-12)20-17(22)18(23)21-14-7-8-15-16(11-14)27-10-9-26-15/h3-8,11H,2,9-10H2,1H3,(H,20,22)(H,21,23). The van der Waals surface area contributed by atoms with E-state index in [9.17, 15) is 14.4 Å². The van der Waals surface area contributed by atoms with Gasteiger partial charge in [0.1, 0.15) is 13.2 Å². The summed E-state index contributed by atoms with van der Waals surface area (Å²) in [6, 6.07) is 10.9. The number of rotatable bonds is 4. The maximum Gasteiger partial charge on any atom is 0.338 e. The van der Waals surface area contributed by atoms with Crippen molar-refractivity contribution >= 4 is 29.2 Å². The van der Waals surface area contributed by atoms with E-state index in [-0.39, 0.29) is 6.61 Å². The topological polar surface area (TPSA) is 103 Å². The van der Waals surface area contributed by atoms with E-state index in [1.807, 2.05) is 0 Å². The van der Waals surface area contributed by atoms with E-state index < -0.39 is 17.8 Å². The molecule has 2 aromatic rings. The maximum atomic E-state index is 12.1. The van der Waals surface area contributed by atoms with Gasteiger partial charge in [0.25, 0.3) is 0 Å². The van der Waals surface area contributed by atoms with Crippen LogP contribution in [0.25, 0.3) is 0 Å². The lowest BCUT2D eigenvalue weighted by Crippen LogP contribution is -2.29. The third kappa shape index (κ3) is 4.55. The van der Waals surface area contributed by atoms with Crippen molar-refractivity contribution in [1.82, 2.24) is 0 Å². The second-order valence-corrected chi connectivity index (χ2v) is 5.56. The molecule has 1 heterocycles. The molecule has 3 rings (SSSR count). The van der Waals surface area contributed by atoms with E-state index in [1.165, 1.54) is 24.3 Å². The Morgan fingerprint density at radius 3 is 2.15 bits per heavy atom. The predicted octanol–water partition coefficient (Wildman–Crippen LogP) is 2.21. The van der Waals surface area contributed by atoms with Crippen LogP contribution < -0.4 is 20.1 Å². The van der Waals surface area contributed by atoms with Crippen LogP contribution in [0.2, 0.25) is 0 Å². The summed E-state index contributed by atoms with van der Waals surface area (Å²) in [7, 11) is 0. The van der Waals surface area contributed by atoms with E-state index in [0.717, 1.165) is 0 Å². The fourth-order valence-electron chi connectivity index (χ4n) is 2.40. The molecule has 27 heavy (non-hydrogen) atoms. The molecule has 2 N–H and O–H groups in total. The summed E-state index contributed by atoms with van der Waals surface area (Å²) in [5.74, 6) is -1.03. The van der Waals surface area contributed by atoms with Crippen molar-refractivity contribution in [1.29, 1.82) is 0 Å². The Morgan fingerprint density at radius 1 is 0.889 bits per heavy atom. The molecular formula is C19H18N2O6. The van der Waals surface area contributed by atoms with Crippen LogP contribution in [-0.2, 0) is 14.3 Å². The summed E-state index contributed by atoms with van der Waals surface area (Å²) >= 11 is 0. The van der Waals surface area contributed by atoms with Crippen molar-refractivity contribution in [3.8, 4) is 11.5 Å². The second kappa shape index (κ2) is 8.22. The molecule has 140 valence electrons. The number of benzene rings is 2. The van der Waals surface area contributed by atoms with Gasteiger partial charge in [0, 0.05) is 17.4 Å². The Morgan fingerprint density at radius 2 is 1.48 bits per heavy atom. The molecule has 0 bridgehead atoms. The largest absolute Gasteiger partial charge is 0.486 e. The lowest BCUT2D eigenvalue weighted by atomic mass is 10.2. The zero-order valence-electron chi connectivity index (χ0n) is 14.6. The average Bonchev–Trinajstić information content (AvgIpc) is 2.68. The van der Waals surface area contributed by atoms with E-state index in [0.29, 0.717) is 41.7 Å². The van der Waals surface area contributed by atoms with Crippen LogP contribution in [0.15, 0.2) is 42.5 Å². The zero-order chi connectivity index (χ0) is 19.2. The van der Waals surface area contributed by atoms with E-state index >= 15 is 0 Å². The Hall–Kier alpha value is -3.55. The van der Waals surface area contributed by atoms with Gasteiger partial charge in [-0.1, -0.05) is 0 Å². The van der Waals surface area contributed by atoms with Gasteiger partial charge in [-0.15, -0.1) is 0 Å². The van der Waals surface area contributed by atoms with E-state index in [4.69, 9.17) is 14.2 Å². The molecule has 0 fully saturated rings. The number of amides is 2. The number of ether oxygens (including phenoxy) is 3. The first-order chi connectivity index (χ1) is 13.1. The lowest BCUT2D eigenvalue weighted by molar-refractivity contribution is -0.133. The number of fused-ring (bicyclic) bond motifs is 1. The molecule has 0 unspecified atom stereocenters. The van der Waals surface area contributed by atoms with Gasteiger partial charge in [0.05, 0.1) is 12.2 Å². The molecular weight excluding hydrogens is 352 g/mol. The van der Waals surface area contributed by atoms with Crippen molar-refractivity contribution in [2.75, 3.05) is 30.5 Å². The van der Waals surface area contributed by atoms with Crippen LogP contribution >= 0.6 is 0 Å². The van der Waals surface area contributed by atoms with Gasteiger partial charge in [-0.05, 0) is 43.3 Å². The van der Waals surface area contributed by atoms with Crippen molar-refractivity contribution in [2.24, 2.45) is 0 Å². The molecule has 0 aromatic heterocycles. The Kier molecular flexibility index (Phi) is 5.55. The molecule has 2 aromatic carbocycles. The molecule has 0 saturated heterocycles. The van der Waals surface area contributed by atoms with Gasteiger partial charge >= 0.3 is 17.8 Å². The summed E-state index contributed by atoms with van der Waals surface area (Å²) in [6.07, 6.45) is 0. The zero-order valence-corrected chi connectivity index (χ0v) is 14.6. The van der Waals surface area contributed by atoms with Crippen LogP contribution in [-0.4, -0.2) is 37.6 Å². The first-order valence-electron chi connectivity index (χ1n) is 8.36. The van der Waals surface area contributed by atoms with Crippen molar-refractivity contribution in [3.63, 3.8) is 0 Å². The summed E-state index contributed by atoms with van der Waals surface area (Å²) in [4.78, 5) is 35.7. The number of nitrogens with one attached hydrogen (secondary N) is 2. The highest BCUT2D eigenvalue weighted by Crippen LogP contribution is 2.32. The minimum atomic E-state index is -0.839. The molecule has 0 saturated carbocycles. The highest BCUT2D eigenvalue weighted by molar-refractivity contribution is 6.43. The third-order valence-corrected chi connectivity index (χ3v) is 3.66. The van der Waals surface area contributed by atoms with Gasteiger partial charge in [-0.3, -0.25) is 9.59 Å². The van der Waals surface area contributed by atoms with Gasteiger partial charge in [0.2, 0.25) is 0 Å². The molecule has 2 amide bonds. The summed E-state index contributed by atoms with van der Waals surface area (Å²) in [5.41, 5.74) is 1.15. The molecule has 8 nitrogen and oxygen atoms in total. The van der Waals surface area contributed by atoms with E-state index in [2.05, 4.69) is 10.6 Å². The smallest absolute Gasteiger partial charge is 0.338 e.